The zero-order valence-corrected chi connectivity index (χ0v) is 10.3. The molecule has 94 valence electrons. The van der Waals surface area contributed by atoms with E-state index < -0.39 is 0 Å². The standard InChI is InChI=1S/C12H24N2O2/c1-9(8-15)4-3-5-14-12(16)11-7-13-6-10(11)2/h9-11,13,15H,3-8H2,1-2H3,(H,14,16). The lowest BCUT2D eigenvalue weighted by molar-refractivity contribution is -0.125. The minimum Gasteiger partial charge on any atom is -0.396 e. The second-order valence-corrected chi connectivity index (χ2v) is 4.96. The number of aliphatic hydroxyl groups excluding tert-OH is 1. The molecule has 3 N–H and O–H groups in total. The number of aliphatic hydroxyl groups is 1. The molecule has 0 aromatic heterocycles. The first-order valence-electron chi connectivity index (χ1n) is 6.24. The van der Waals surface area contributed by atoms with Crippen molar-refractivity contribution in [1.29, 1.82) is 0 Å². The number of carbonyl (C=O) groups is 1. The first-order valence-corrected chi connectivity index (χ1v) is 6.24. The predicted octanol–water partition coefficient (Wildman–Crippen LogP) is 0.367. The van der Waals surface area contributed by atoms with Crippen molar-refractivity contribution in [3.05, 3.63) is 0 Å². The van der Waals surface area contributed by atoms with E-state index in [4.69, 9.17) is 5.11 Å². The summed E-state index contributed by atoms with van der Waals surface area (Å²) in [6, 6.07) is 0. The SMILES string of the molecule is CC(CO)CCCNC(=O)C1CNCC1C. The largest absolute Gasteiger partial charge is 0.396 e. The molecule has 1 heterocycles. The summed E-state index contributed by atoms with van der Waals surface area (Å²) >= 11 is 0. The summed E-state index contributed by atoms with van der Waals surface area (Å²) in [5.74, 6) is 1.09. The molecule has 1 saturated heterocycles. The van der Waals surface area contributed by atoms with Crippen LogP contribution in [0.4, 0.5) is 0 Å². The van der Waals surface area contributed by atoms with Crippen LogP contribution < -0.4 is 10.6 Å². The maximum Gasteiger partial charge on any atom is 0.224 e. The van der Waals surface area contributed by atoms with Gasteiger partial charge in [-0.3, -0.25) is 4.79 Å². The summed E-state index contributed by atoms with van der Waals surface area (Å²) in [5, 5.41) is 15.1. The highest BCUT2D eigenvalue weighted by Crippen LogP contribution is 2.15. The van der Waals surface area contributed by atoms with E-state index in [1.165, 1.54) is 0 Å². The summed E-state index contributed by atoms with van der Waals surface area (Å²) in [6.07, 6.45) is 1.91. The van der Waals surface area contributed by atoms with Crippen molar-refractivity contribution in [2.24, 2.45) is 17.8 Å². The van der Waals surface area contributed by atoms with Crippen LogP contribution in [-0.2, 0) is 4.79 Å². The number of nitrogens with one attached hydrogen (secondary N) is 2. The van der Waals surface area contributed by atoms with Crippen LogP contribution in [-0.4, -0.2) is 37.3 Å². The Morgan fingerprint density at radius 2 is 2.31 bits per heavy atom. The number of carbonyl (C=O) groups excluding carboxylic acids is 1. The molecule has 3 unspecified atom stereocenters. The molecule has 1 aliphatic rings. The van der Waals surface area contributed by atoms with Crippen LogP contribution in [0.2, 0.25) is 0 Å². The van der Waals surface area contributed by atoms with Crippen molar-refractivity contribution in [3.8, 4) is 0 Å². The molecule has 1 rings (SSSR count). The van der Waals surface area contributed by atoms with Gasteiger partial charge in [0.05, 0.1) is 5.92 Å². The molecule has 3 atom stereocenters. The summed E-state index contributed by atoms with van der Waals surface area (Å²) in [4.78, 5) is 11.8. The minimum absolute atomic E-state index is 0.135. The summed E-state index contributed by atoms with van der Waals surface area (Å²) in [7, 11) is 0. The molecule has 0 aliphatic carbocycles. The Labute approximate surface area is 97.8 Å². The third-order valence-corrected chi connectivity index (χ3v) is 3.34. The van der Waals surface area contributed by atoms with E-state index in [-0.39, 0.29) is 18.4 Å². The number of amides is 1. The molecule has 0 aromatic rings. The van der Waals surface area contributed by atoms with Gasteiger partial charge in [-0.1, -0.05) is 13.8 Å². The highest BCUT2D eigenvalue weighted by atomic mass is 16.3. The van der Waals surface area contributed by atoms with E-state index >= 15 is 0 Å². The summed E-state index contributed by atoms with van der Waals surface area (Å²) in [5.41, 5.74) is 0. The van der Waals surface area contributed by atoms with Crippen LogP contribution in [0.3, 0.4) is 0 Å². The fraction of sp³-hybridized carbons (Fsp3) is 0.917. The van der Waals surface area contributed by atoms with Crippen molar-refractivity contribution in [3.63, 3.8) is 0 Å². The van der Waals surface area contributed by atoms with Crippen molar-refractivity contribution >= 4 is 5.91 Å². The highest BCUT2D eigenvalue weighted by Gasteiger charge is 2.28. The second-order valence-electron chi connectivity index (χ2n) is 4.96. The molecule has 16 heavy (non-hydrogen) atoms. The predicted molar refractivity (Wildman–Crippen MR) is 64.0 cm³/mol. The van der Waals surface area contributed by atoms with Gasteiger partial charge in [0.2, 0.25) is 5.91 Å². The Bertz CT molecular complexity index is 221. The molecular weight excluding hydrogens is 204 g/mol. The van der Waals surface area contributed by atoms with E-state index in [9.17, 15) is 4.79 Å². The number of hydrogen-bond donors (Lipinski definition) is 3. The van der Waals surface area contributed by atoms with Crippen molar-refractivity contribution in [1.82, 2.24) is 10.6 Å². The Hall–Kier alpha value is -0.610. The lowest BCUT2D eigenvalue weighted by Gasteiger charge is -2.14. The van der Waals surface area contributed by atoms with Crippen molar-refractivity contribution in [2.45, 2.75) is 26.7 Å². The molecule has 1 amide bonds. The van der Waals surface area contributed by atoms with E-state index in [0.717, 1.165) is 32.5 Å². The summed E-state index contributed by atoms with van der Waals surface area (Å²) < 4.78 is 0. The fourth-order valence-electron chi connectivity index (χ4n) is 2.05. The molecule has 1 fully saturated rings. The first-order chi connectivity index (χ1) is 7.65. The van der Waals surface area contributed by atoms with Gasteiger partial charge in [-0.05, 0) is 31.2 Å². The Morgan fingerprint density at radius 3 is 2.88 bits per heavy atom. The number of hydrogen-bond acceptors (Lipinski definition) is 3. The molecule has 0 radical (unpaired) electrons. The molecular formula is C12H24N2O2. The van der Waals surface area contributed by atoms with Gasteiger partial charge >= 0.3 is 0 Å². The number of rotatable bonds is 6. The van der Waals surface area contributed by atoms with Gasteiger partial charge in [0.15, 0.2) is 0 Å². The third kappa shape index (κ3) is 4.10. The molecule has 4 nitrogen and oxygen atoms in total. The average Bonchev–Trinajstić information content (AvgIpc) is 2.70. The smallest absolute Gasteiger partial charge is 0.224 e. The molecule has 0 saturated carbocycles. The molecule has 0 bridgehead atoms. The molecule has 4 heteroatoms. The minimum atomic E-state index is 0.135. The van der Waals surface area contributed by atoms with Gasteiger partial charge in [-0.15, -0.1) is 0 Å². The van der Waals surface area contributed by atoms with Crippen LogP contribution in [0.15, 0.2) is 0 Å². The lowest BCUT2D eigenvalue weighted by Crippen LogP contribution is -2.35. The zero-order chi connectivity index (χ0) is 12.0. The van der Waals surface area contributed by atoms with Crippen LogP contribution >= 0.6 is 0 Å². The van der Waals surface area contributed by atoms with Gasteiger partial charge in [0, 0.05) is 19.7 Å². The van der Waals surface area contributed by atoms with Gasteiger partial charge in [-0.25, -0.2) is 0 Å². The topological polar surface area (TPSA) is 61.4 Å². The van der Waals surface area contributed by atoms with Crippen molar-refractivity contribution in [2.75, 3.05) is 26.2 Å². The molecule has 1 aliphatic heterocycles. The van der Waals surface area contributed by atoms with E-state index in [0.29, 0.717) is 11.8 Å². The van der Waals surface area contributed by atoms with Crippen LogP contribution in [0.5, 0.6) is 0 Å². The third-order valence-electron chi connectivity index (χ3n) is 3.34. The van der Waals surface area contributed by atoms with Crippen LogP contribution in [0, 0.1) is 17.8 Å². The maximum absolute atomic E-state index is 11.8. The first kappa shape index (κ1) is 13.5. The second kappa shape index (κ2) is 6.86. The monoisotopic (exact) mass is 228 g/mol. The van der Waals surface area contributed by atoms with Crippen LogP contribution in [0.1, 0.15) is 26.7 Å². The van der Waals surface area contributed by atoms with Gasteiger partial charge in [0.1, 0.15) is 0 Å². The van der Waals surface area contributed by atoms with Crippen molar-refractivity contribution < 1.29 is 9.90 Å². The van der Waals surface area contributed by atoms with Crippen LogP contribution in [0.25, 0.3) is 0 Å². The van der Waals surface area contributed by atoms with Gasteiger partial charge in [-0.2, -0.15) is 0 Å². The Balaban J connectivity index is 2.10. The van der Waals surface area contributed by atoms with Gasteiger partial charge in [0.25, 0.3) is 0 Å². The van der Waals surface area contributed by atoms with Gasteiger partial charge < -0.3 is 15.7 Å². The molecule has 0 spiro atoms. The fourth-order valence-corrected chi connectivity index (χ4v) is 2.05. The quantitative estimate of drug-likeness (QED) is 0.576. The Kier molecular flexibility index (Phi) is 5.77. The lowest BCUT2D eigenvalue weighted by atomic mass is 9.97. The maximum atomic E-state index is 11.8. The van der Waals surface area contributed by atoms with E-state index in [1.807, 2.05) is 6.92 Å². The average molecular weight is 228 g/mol. The highest BCUT2D eigenvalue weighted by molar-refractivity contribution is 5.79. The summed E-state index contributed by atoms with van der Waals surface area (Å²) in [6.45, 7) is 6.84. The van der Waals surface area contributed by atoms with E-state index in [1.54, 1.807) is 0 Å². The van der Waals surface area contributed by atoms with E-state index in [2.05, 4.69) is 17.6 Å². The normalized spacial score (nSPS) is 26.7. The molecule has 0 aromatic carbocycles. The Morgan fingerprint density at radius 1 is 1.56 bits per heavy atom. The zero-order valence-electron chi connectivity index (χ0n) is 10.3.